The van der Waals surface area contributed by atoms with Crippen molar-refractivity contribution in [3.05, 3.63) is 5.69 Å². The van der Waals surface area contributed by atoms with Gasteiger partial charge in [-0.05, 0) is 26.7 Å². The van der Waals surface area contributed by atoms with Gasteiger partial charge in [0.05, 0.1) is 11.4 Å². The Labute approximate surface area is 128 Å². The van der Waals surface area contributed by atoms with Gasteiger partial charge in [-0.1, -0.05) is 25.6 Å². The zero-order chi connectivity index (χ0) is 15.8. The van der Waals surface area contributed by atoms with E-state index >= 15 is 0 Å². The Morgan fingerprint density at radius 3 is 2.57 bits per heavy atom. The Morgan fingerprint density at radius 2 is 2.05 bits per heavy atom. The Morgan fingerprint density at radius 1 is 1.38 bits per heavy atom. The normalized spacial score (nSPS) is 12.2. The Hall–Kier alpha value is -1.50. The minimum Gasteiger partial charge on any atom is -0.481 e. The molecule has 0 saturated carbocycles. The van der Waals surface area contributed by atoms with Gasteiger partial charge in [-0.15, -0.1) is 0 Å². The molecule has 0 aromatic carbocycles. The topological polar surface area (TPSA) is 72.9 Å². The lowest BCUT2D eigenvalue weighted by atomic mass is 10.0. The highest BCUT2D eigenvalue weighted by Crippen LogP contribution is 2.33. The van der Waals surface area contributed by atoms with Gasteiger partial charge < -0.3 is 5.11 Å². The Kier molecular flexibility index (Phi) is 4.32. The number of nitrogens with zero attached hydrogens (tertiary/aromatic N) is 4. The van der Waals surface area contributed by atoms with Crippen molar-refractivity contribution < 1.29 is 9.90 Å². The number of hydrogen-bond acceptors (Lipinski definition) is 4. The van der Waals surface area contributed by atoms with E-state index in [0.717, 1.165) is 34.9 Å². The fraction of sp³-hybridized carbons (Fsp3) is 0.643. The zero-order valence-corrected chi connectivity index (χ0v) is 14.0. The summed E-state index contributed by atoms with van der Waals surface area (Å²) in [5.74, 6) is -0.820. The van der Waals surface area contributed by atoms with E-state index in [1.165, 1.54) is 11.8 Å². The maximum atomic E-state index is 10.9. The van der Waals surface area contributed by atoms with Gasteiger partial charge in [0, 0.05) is 12.6 Å². The molecule has 0 bridgehead atoms. The zero-order valence-electron chi connectivity index (χ0n) is 13.2. The second kappa shape index (κ2) is 5.71. The van der Waals surface area contributed by atoms with Crippen LogP contribution in [-0.4, -0.2) is 36.2 Å². The molecule has 0 aliphatic heterocycles. The third-order valence-electron chi connectivity index (χ3n) is 3.80. The van der Waals surface area contributed by atoms with Crippen LogP contribution in [0.15, 0.2) is 5.16 Å². The van der Waals surface area contributed by atoms with Gasteiger partial charge in [0.2, 0.25) is 0 Å². The molecule has 21 heavy (non-hydrogen) atoms. The number of aryl methyl sites for hydroxylation is 2. The molecule has 0 unspecified atom stereocenters. The van der Waals surface area contributed by atoms with Crippen molar-refractivity contribution in [3.63, 3.8) is 0 Å². The molecule has 0 saturated heterocycles. The first kappa shape index (κ1) is 15.9. The van der Waals surface area contributed by atoms with Gasteiger partial charge in [-0.3, -0.25) is 14.0 Å². The summed E-state index contributed by atoms with van der Waals surface area (Å²) in [6.07, 6.45) is 1.73. The molecule has 0 aliphatic carbocycles. The van der Waals surface area contributed by atoms with E-state index in [2.05, 4.69) is 42.3 Å². The van der Waals surface area contributed by atoms with Crippen molar-refractivity contribution in [2.45, 2.75) is 51.2 Å². The maximum Gasteiger partial charge on any atom is 0.313 e. The predicted molar refractivity (Wildman–Crippen MR) is 83.8 cm³/mol. The van der Waals surface area contributed by atoms with Crippen molar-refractivity contribution in [2.24, 2.45) is 7.05 Å². The van der Waals surface area contributed by atoms with E-state index in [9.17, 15) is 4.79 Å². The minimum atomic E-state index is -0.832. The molecular weight excluding hydrogens is 288 g/mol. The molecule has 0 aliphatic rings. The number of imidazole rings is 1. The summed E-state index contributed by atoms with van der Waals surface area (Å²) in [4.78, 5) is 15.5. The lowest BCUT2D eigenvalue weighted by Gasteiger charge is -2.27. The number of fused-ring (bicyclic) bond motifs is 1. The summed E-state index contributed by atoms with van der Waals surface area (Å²) in [5.41, 5.74) is 2.66. The average molecular weight is 310 g/mol. The van der Waals surface area contributed by atoms with Gasteiger partial charge in [-0.25, -0.2) is 4.98 Å². The van der Waals surface area contributed by atoms with Crippen molar-refractivity contribution in [3.8, 4) is 0 Å². The van der Waals surface area contributed by atoms with Crippen LogP contribution in [0.1, 0.15) is 39.8 Å². The van der Waals surface area contributed by atoms with E-state index in [4.69, 9.17) is 5.11 Å². The molecule has 1 N–H and O–H groups in total. The van der Waals surface area contributed by atoms with E-state index in [1.807, 2.05) is 11.7 Å². The second-order valence-corrected chi connectivity index (χ2v) is 6.62. The number of rotatable bonds is 6. The van der Waals surface area contributed by atoms with Crippen molar-refractivity contribution in [2.75, 3.05) is 5.75 Å². The summed E-state index contributed by atoms with van der Waals surface area (Å²) in [5, 5.41) is 14.2. The number of thioether (sulfide) groups is 1. The number of carboxylic acids is 1. The molecule has 0 amide bonds. The van der Waals surface area contributed by atoms with Crippen LogP contribution in [-0.2, 0) is 23.8 Å². The van der Waals surface area contributed by atoms with Gasteiger partial charge in [0.1, 0.15) is 5.52 Å². The molecule has 0 spiro atoms. The molecule has 6 nitrogen and oxygen atoms in total. The van der Waals surface area contributed by atoms with Crippen LogP contribution in [0.5, 0.6) is 0 Å². The third kappa shape index (κ3) is 2.79. The first-order valence-electron chi connectivity index (χ1n) is 7.11. The third-order valence-corrected chi connectivity index (χ3v) is 4.73. The summed E-state index contributed by atoms with van der Waals surface area (Å²) in [6, 6.07) is 0. The molecule has 116 valence electrons. The van der Waals surface area contributed by atoms with E-state index in [1.54, 1.807) is 0 Å². The number of aliphatic carboxylic acids is 1. The number of carboxylic acid groups (broad SMARTS) is 1. The van der Waals surface area contributed by atoms with Crippen molar-refractivity contribution in [1.82, 2.24) is 19.3 Å². The first-order valence-corrected chi connectivity index (χ1v) is 8.09. The molecule has 2 heterocycles. The predicted octanol–water partition coefficient (Wildman–Crippen LogP) is 2.65. The van der Waals surface area contributed by atoms with Gasteiger partial charge in [0.15, 0.2) is 10.8 Å². The summed E-state index contributed by atoms with van der Waals surface area (Å²) in [7, 11) is 1.91. The molecule has 2 aromatic heterocycles. The van der Waals surface area contributed by atoms with Crippen molar-refractivity contribution in [1.29, 1.82) is 0 Å². The lowest BCUT2D eigenvalue weighted by molar-refractivity contribution is -0.133. The quantitative estimate of drug-likeness (QED) is 0.830. The highest BCUT2D eigenvalue weighted by molar-refractivity contribution is 7.99. The largest absolute Gasteiger partial charge is 0.481 e. The van der Waals surface area contributed by atoms with E-state index in [-0.39, 0.29) is 11.3 Å². The Bertz CT molecular complexity index is 672. The van der Waals surface area contributed by atoms with Crippen LogP contribution in [0.2, 0.25) is 0 Å². The number of aromatic nitrogens is 4. The highest BCUT2D eigenvalue weighted by atomic mass is 32.2. The highest BCUT2D eigenvalue weighted by Gasteiger charge is 2.28. The first-order chi connectivity index (χ1) is 9.81. The minimum absolute atomic E-state index is 0.0119. The lowest BCUT2D eigenvalue weighted by Crippen LogP contribution is -2.27. The van der Waals surface area contributed by atoms with Crippen LogP contribution >= 0.6 is 11.8 Å². The summed E-state index contributed by atoms with van der Waals surface area (Å²) >= 11 is 1.27. The van der Waals surface area contributed by atoms with E-state index < -0.39 is 5.97 Å². The van der Waals surface area contributed by atoms with Crippen molar-refractivity contribution >= 4 is 28.9 Å². The molecular formula is C14H22N4O2S. The fourth-order valence-corrected chi connectivity index (χ4v) is 3.20. The summed E-state index contributed by atoms with van der Waals surface area (Å²) in [6.45, 7) is 8.44. The summed E-state index contributed by atoms with van der Waals surface area (Å²) < 4.78 is 3.98. The van der Waals surface area contributed by atoms with Crippen LogP contribution in [0.25, 0.3) is 11.2 Å². The number of hydrogen-bond donors (Lipinski definition) is 1. The molecule has 0 radical (unpaired) electrons. The average Bonchev–Trinajstić information content (AvgIpc) is 2.94. The standard InChI is InChI=1S/C14H22N4O2S/c1-6-9-11-12(17(5)16-9)18(14(3,4)7-2)13(15-11)21-8-10(19)20/h6-8H2,1-5H3,(H,19,20). The Balaban J connectivity index is 2.66. The van der Waals surface area contributed by atoms with E-state index in [0.29, 0.717) is 0 Å². The fourth-order valence-electron chi connectivity index (χ4n) is 2.32. The van der Waals surface area contributed by atoms with Crippen LogP contribution < -0.4 is 0 Å². The molecule has 2 rings (SSSR count). The number of carbonyl (C=O) groups is 1. The molecule has 0 fully saturated rings. The smallest absolute Gasteiger partial charge is 0.313 e. The molecule has 2 aromatic rings. The van der Waals surface area contributed by atoms with Crippen LogP contribution in [0, 0.1) is 0 Å². The van der Waals surface area contributed by atoms with Gasteiger partial charge >= 0.3 is 5.97 Å². The van der Waals surface area contributed by atoms with Crippen LogP contribution in [0.4, 0.5) is 0 Å². The van der Waals surface area contributed by atoms with Crippen LogP contribution in [0.3, 0.4) is 0 Å². The molecule has 0 atom stereocenters. The second-order valence-electron chi connectivity index (χ2n) is 5.67. The van der Waals surface area contributed by atoms with Gasteiger partial charge in [-0.2, -0.15) is 5.10 Å². The SMILES string of the molecule is CCc1nn(C)c2c1nc(SCC(=O)O)n2C(C)(C)CC. The van der Waals surface area contributed by atoms with Gasteiger partial charge in [0.25, 0.3) is 0 Å². The monoisotopic (exact) mass is 310 g/mol. The maximum absolute atomic E-state index is 10.9. The molecule has 7 heteroatoms.